The van der Waals surface area contributed by atoms with Crippen molar-refractivity contribution in [1.29, 1.82) is 0 Å². The van der Waals surface area contributed by atoms with E-state index in [0.717, 1.165) is 35.5 Å². The normalized spacial score (nSPS) is 38.2. The van der Waals surface area contributed by atoms with Gasteiger partial charge in [0.15, 0.2) is 0 Å². The van der Waals surface area contributed by atoms with Crippen LogP contribution in [0.5, 0.6) is 0 Å². The first kappa shape index (κ1) is 25.0. The highest BCUT2D eigenvalue weighted by molar-refractivity contribution is 4.67. The highest BCUT2D eigenvalue weighted by atomic mass is 16.0. The summed E-state index contributed by atoms with van der Waals surface area (Å²) in [5.74, 6) is 6.12. The first-order valence-corrected chi connectivity index (χ1v) is 11.4. The van der Waals surface area contributed by atoms with Gasteiger partial charge in [-0.2, -0.15) is 0 Å². The summed E-state index contributed by atoms with van der Waals surface area (Å²) < 4.78 is 0. The molecule has 0 saturated heterocycles. The van der Waals surface area contributed by atoms with E-state index in [1.54, 1.807) is 0 Å². The Labute approximate surface area is 160 Å². The lowest BCUT2D eigenvalue weighted by atomic mass is 9.84. The van der Waals surface area contributed by atoms with Gasteiger partial charge in [-0.3, -0.25) is 0 Å². The molecule has 3 aliphatic rings. The van der Waals surface area contributed by atoms with Gasteiger partial charge in [0.1, 0.15) is 0 Å². The zero-order chi connectivity index (χ0) is 17.9. The Balaban J connectivity index is 0.000000339. The van der Waals surface area contributed by atoms with Gasteiger partial charge in [0.05, 0.1) is 0 Å². The van der Waals surface area contributed by atoms with E-state index < -0.39 is 0 Å². The number of hydrogen-bond donors (Lipinski definition) is 0. The SMILES string of the molecule is CC1CCC(C)CC1.CC1CCC(C)CC1.CC1CCC(C)CC1.O. The predicted molar refractivity (Wildman–Crippen MR) is 114 cm³/mol. The molecule has 25 heavy (non-hydrogen) atoms. The van der Waals surface area contributed by atoms with Crippen LogP contribution in [0.25, 0.3) is 0 Å². The van der Waals surface area contributed by atoms with E-state index in [1.165, 1.54) is 77.0 Å². The molecule has 1 nitrogen and oxygen atoms in total. The molecule has 0 aromatic carbocycles. The molecule has 3 aliphatic carbocycles. The fourth-order valence-corrected chi connectivity index (χ4v) is 4.28. The molecular formula is C24H50O. The minimum absolute atomic E-state index is 0. The molecule has 0 bridgehead atoms. The molecular weight excluding hydrogens is 304 g/mol. The summed E-state index contributed by atoms with van der Waals surface area (Å²) in [6.07, 6.45) is 17.7. The maximum Gasteiger partial charge on any atom is -0.0443 e. The molecule has 0 spiro atoms. The van der Waals surface area contributed by atoms with Crippen molar-refractivity contribution in [3.63, 3.8) is 0 Å². The van der Waals surface area contributed by atoms with Gasteiger partial charge >= 0.3 is 0 Å². The van der Waals surface area contributed by atoms with Crippen molar-refractivity contribution in [3.8, 4) is 0 Å². The topological polar surface area (TPSA) is 31.5 Å². The minimum Gasteiger partial charge on any atom is -0.412 e. The van der Waals surface area contributed by atoms with Crippen LogP contribution in [-0.2, 0) is 0 Å². The van der Waals surface area contributed by atoms with E-state index in [-0.39, 0.29) is 5.48 Å². The van der Waals surface area contributed by atoms with E-state index in [1.807, 2.05) is 0 Å². The predicted octanol–water partition coefficient (Wildman–Crippen LogP) is 7.67. The van der Waals surface area contributed by atoms with Gasteiger partial charge in [0, 0.05) is 0 Å². The largest absolute Gasteiger partial charge is 0.412 e. The summed E-state index contributed by atoms with van der Waals surface area (Å²) in [4.78, 5) is 0. The molecule has 2 N–H and O–H groups in total. The fraction of sp³-hybridized carbons (Fsp3) is 1.00. The average molecular weight is 355 g/mol. The Morgan fingerprint density at radius 1 is 0.280 bits per heavy atom. The van der Waals surface area contributed by atoms with Crippen molar-refractivity contribution in [1.82, 2.24) is 0 Å². The van der Waals surface area contributed by atoms with Crippen molar-refractivity contribution < 1.29 is 5.48 Å². The van der Waals surface area contributed by atoms with E-state index in [9.17, 15) is 0 Å². The Bertz CT molecular complexity index is 199. The van der Waals surface area contributed by atoms with Crippen LogP contribution in [0.3, 0.4) is 0 Å². The van der Waals surface area contributed by atoms with Crippen molar-refractivity contribution >= 4 is 0 Å². The molecule has 0 aliphatic heterocycles. The molecule has 0 aromatic rings. The maximum absolute atomic E-state index is 2.37. The van der Waals surface area contributed by atoms with Crippen LogP contribution < -0.4 is 0 Å². The van der Waals surface area contributed by atoms with Gasteiger partial charge in [-0.15, -0.1) is 0 Å². The lowest BCUT2D eigenvalue weighted by molar-refractivity contribution is 0.308. The third-order valence-corrected chi connectivity index (χ3v) is 6.91. The van der Waals surface area contributed by atoms with Gasteiger partial charge in [-0.1, -0.05) is 119 Å². The summed E-state index contributed by atoms with van der Waals surface area (Å²) >= 11 is 0. The van der Waals surface area contributed by atoms with Gasteiger partial charge in [-0.25, -0.2) is 0 Å². The molecule has 3 rings (SSSR count). The molecule has 0 amide bonds. The molecule has 152 valence electrons. The third kappa shape index (κ3) is 12.9. The quantitative estimate of drug-likeness (QED) is 0.427. The standard InChI is InChI=1S/3C8H16.H2O/c3*1-7-3-5-8(2)6-4-7;/h3*7-8H,3-6H2,1-2H3;1H2. The molecule has 0 heterocycles. The van der Waals surface area contributed by atoms with Crippen LogP contribution in [0.15, 0.2) is 0 Å². The zero-order valence-electron chi connectivity index (χ0n) is 18.4. The fourth-order valence-electron chi connectivity index (χ4n) is 4.28. The van der Waals surface area contributed by atoms with Gasteiger partial charge in [0.2, 0.25) is 0 Å². The lowest BCUT2D eigenvalue weighted by Gasteiger charge is -2.22. The van der Waals surface area contributed by atoms with E-state index in [4.69, 9.17) is 0 Å². The highest BCUT2D eigenvalue weighted by Gasteiger charge is 2.14. The summed E-state index contributed by atoms with van der Waals surface area (Å²) in [7, 11) is 0. The molecule has 0 atom stereocenters. The lowest BCUT2D eigenvalue weighted by Crippen LogP contribution is -2.08. The molecule has 0 unspecified atom stereocenters. The van der Waals surface area contributed by atoms with Crippen molar-refractivity contribution in [2.45, 2.75) is 119 Å². The van der Waals surface area contributed by atoms with Crippen molar-refractivity contribution in [2.24, 2.45) is 35.5 Å². The minimum atomic E-state index is 0. The van der Waals surface area contributed by atoms with Gasteiger partial charge in [-0.05, 0) is 35.5 Å². The van der Waals surface area contributed by atoms with E-state index in [0.29, 0.717) is 0 Å². The Morgan fingerprint density at radius 2 is 0.360 bits per heavy atom. The van der Waals surface area contributed by atoms with Crippen LogP contribution >= 0.6 is 0 Å². The van der Waals surface area contributed by atoms with Crippen LogP contribution in [0.4, 0.5) is 0 Å². The Kier molecular flexibility index (Phi) is 14.0. The van der Waals surface area contributed by atoms with Gasteiger partial charge in [0.25, 0.3) is 0 Å². The second-order valence-electron chi connectivity index (χ2n) is 10.1. The molecule has 0 aromatic heterocycles. The second-order valence-corrected chi connectivity index (χ2v) is 10.1. The molecule has 0 radical (unpaired) electrons. The van der Waals surface area contributed by atoms with E-state index in [2.05, 4.69) is 41.5 Å². The zero-order valence-corrected chi connectivity index (χ0v) is 18.4. The monoisotopic (exact) mass is 354 g/mol. The van der Waals surface area contributed by atoms with Crippen LogP contribution in [0.1, 0.15) is 119 Å². The molecule has 1 heteroatoms. The Morgan fingerprint density at radius 3 is 0.440 bits per heavy atom. The summed E-state index contributed by atoms with van der Waals surface area (Å²) in [5, 5.41) is 0. The Hall–Kier alpha value is -0.0400. The van der Waals surface area contributed by atoms with Crippen LogP contribution in [0.2, 0.25) is 0 Å². The number of hydrogen-bond acceptors (Lipinski definition) is 0. The van der Waals surface area contributed by atoms with Gasteiger partial charge < -0.3 is 5.48 Å². The highest BCUT2D eigenvalue weighted by Crippen LogP contribution is 2.28. The average Bonchev–Trinajstić information content (AvgIpc) is 2.57. The maximum atomic E-state index is 2.37. The van der Waals surface area contributed by atoms with Crippen molar-refractivity contribution in [3.05, 3.63) is 0 Å². The third-order valence-electron chi connectivity index (χ3n) is 6.91. The second kappa shape index (κ2) is 14.1. The first-order valence-electron chi connectivity index (χ1n) is 11.4. The van der Waals surface area contributed by atoms with Crippen LogP contribution in [-0.4, -0.2) is 5.48 Å². The number of rotatable bonds is 0. The summed E-state index contributed by atoms with van der Waals surface area (Å²) in [5.41, 5.74) is 0. The summed E-state index contributed by atoms with van der Waals surface area (Å²) in [6.45, 7) is 14.2. The van der Waals surface area contributed by atoms with E-state index >= 15 is 0 Å². The smallest absolute Gasteiger partial charge is 0.0443 e. The van der Waals surface area contributed by atoms with Crippen molar-refractivity contribution in [2.75, 3.05) is 0 Å². The molecule has 3 fully saturated rings. The van der Waals surface area contributed by atoms with Crippen LogP contribution in [0, 0.1) is 35.5 Å². The molecule has 3 saturated carbocycles. The summed E-state index contributed by atoms with van der Waals surface area (Å²) in [6, 6.07) is 0. The first-order chi connectivity index (χ1) is 11.4.